The zero-order valence-electron chi connectivity index (χ0n) is 12.7. The van der Waals surface area contributed by atoms with Gasteiger partial charge in [-0.05, 0) is 12.1 Å². The Kier molecular flexibility index (Phi) is 3.77. The first-order chi connectivity index (χ1) is 11.4. The highest BCUT2D eigenvalue weighted by molar-refractivity contribution is 5.31. The molecule has 0 radical (unpaired) electrons. The smallest absolute Gasteiger partial charge is 0.144 e. The molecule has 1 N–H and O–H groups in total. The molecule has 0 atom stereocenters. The van der Waals surface area contributed by atoms with Gasteiger partial charge in [0, 0.05) is 37.6 Å². The molecule has 0 unspecified atom stereocenters. The van der Waals surface area contributed by atoms with Crippen LogP contribution in [0.5, 0.6) is 0 Å². The van der Waals surface area contributed by atoms with Gasteiger partial charge in [0.2, 0.25) is 0 Å². The van der Waals surface area contributed by atoms with Crippen LogP contribution in [-0.2, 0) is 26.2 Å². The fourth-order valence-corrected chi connectivity index (χ4v) is 2.81. The Balaban J connectivity index is 1.39. The van der Waals surface area contributed by atoms with Crippen molar-refractivity contribution in [3.8, 4) is 0 Å². The number of rotatable bonds is 5. The summed E-state index contributed by atoms with van der Waals surface area (Å²) in [5.41, 5.74) is 3.48. The highest BCUT2D eigenvalue weighted by Gasteiger charge is 2.18. The van der Waals surface area contributed by atoms with Crippen molar-refractivity contribution in [2.45, 2.75) is 26.2 Å². The van der Waals surface area contributed by atoms with Crippen LogP contribution in [0.2, 0.25) is 0 Å². The molecule has 0 amide bonds. The van der Waals surface area contributed by atoms with Gasteiger partial charge < -0.3 is 9.73 Å². The van der Waals surface area contributed by atoms with Crippen LogP contribution in [0.25, 0.3) is 0 Å². The lowest BCUT2D eigenvalue weighted by atomic mass is 10.2. The van der Waals surface area contributed by atoms with E-state index in [2.05, 4.69) is 36.0 Å². The molecule has 3 aromatic heterocycles. The number of hydrogen-bond donors (Lipinski definition) is 1. The van der Waals surface area contributed by atoms with Crippen molar-refractivity contribution < 1.29 is 4.42 Å². The van der Waals surface area contributed by atoms with Gasteiger partial charge in [0.15, 0.2) is 0 Å². The van der Waals surface area contributed by atoms with Gasteiger partial charge in [-0.2, -0.15) is 5.10 Å². The van der Waals surface area contributed by atoms with Gasteiger partial charge in [-0.1, -0.05) is 0 Å². The van der Waals surface area contributed by atoms with E-state index in [0.29, 0.717) is 6.54 Å². The van der Waals surface area contributed by atoms with E-state index in [1.807, 2.05) is 12.3 Å². The first kappa shape index (κ1) is 14.0. The predicted octanol–water partition coefficient (Wildman–Crippen LogP) is 1.89. The van der Waals surface area contributed by atoms with Crippen molar-refractivity contribution in [2.75, 3.05) is 11.9 Å². The Morgan fingerprint density at radius 2 is 2.26 bits per heavy atom. The van der Waals surface area contributed by atoms with Crippen molar-refractivity contribution in [1.29, 1.82) is 0 Å². The molecule has 4 rings (SSSR count). The van der Waals surface area contributed by atoms with Gasteiger partial charge in [-0.3, -0.25) is 14.6 Å². The second-order valence-corrected chi connectivity index (χ2v) is 5.64. The maximum Gasteiger partial charge on any atom is 0.144 e. The van der Waals surface area contributed by atoms with E-state index in [1.165, 1.54) is 11.3 Å². The molecule has 1 aliphatic heterocycles. The molecule has 0 saturated carbocycles. The Morgan fingerprint density at radius 1 is 1.26 bits per heavy atom. The molecular weight excluding hydrogens is 292 g/mol. The van der Waals surface area contributed by atoms with Crippen molar-refractivity contribution in [2.24, 2.45) is 0 Å². The lowest BCUT2D eigenvalue weighted by Gasteiger charge is -2.26. The third-order valence-corrected chi connectivity index (χ3v) is 3.93. The molecule has 0 fully saturated rings. The average molecular weight is 310 g/mol. The quantitative estimate of drug-likeness (QED) is 0.776. The fraction of sp³-hybridized carbons (Fsp3) is 0.312. The van der Waals surface area contributed by atoms with Crippen molar-refractivity contribution >= 4 is 5.82 Å². The van der Waals surface area contributed by atoms with E-state index in [0.717, 1.165) is 37.7 Å². The van der Waals surface area contributed by atoms with Gasteiger partial charge in [0.1, 0.15) is 5.82 Å². The van der Waals surface area contributed by atoms with Gasteiger partial charge in [-0.25, -0.2) is 4.98 Å². The first-order valence-corrected chi connectivity index (χ1v) is 7.66. The maximum absolute atomic E-state index is 5.14. The summed E-state index contributed by atoms with van der Waals surface area (Å²) in [6.07, 6.45) is 8.58. The summed E-state index contributed by atoms with van der Waals surface area (Å²) in [6, 6.07) is 4.17. The molecule has 23 heavy (non-hydrogen) atoms. The van der Waals surface area contributed by atoms with Crippen LogP contribution in [0.4, 0.5) is 5.82 Å². The minimum Gasteiger partial charge on any atom is -0.472 e. The largest absolute Gasteiger partial charge is 0.472 e. The molecule has 4 heterocycles. The molecule has 1 aliphatic rings. The molecule has 118 valence electrons. The fourth-order valence-electron chi connectivity index (χ4n) is 2.81. The molecule has 0 saturated heterocycles. The van der Waals surface area contributed by atoms with Gasteiger partial charge in [-0.15, -0.1) is 0 Å². The molecular formula is C16H18N6O. The minimum absolute atomic E-state index is 0.653. The standard InChI is InChI=1S/C16H18N6O/c1-6-23-12-13(1)10-21-4-5-22-15(11-21)7-14(20-22)8-19-16-9-17-2-3-18-16/h1-3,6-7,9,12H,4-5,8,10-11H2,(H,18,19). The average Bonchev–Trinajstić information content (AvgIpc) is 3.23. The summed E-state index contributed by atoms with van der Waals surface area (Å²) < 4.78 is 7.24. The van der Waals surface area contributed by atoms with E-state index >= 15 is 0 Å². The number of anilines is 1. The summed E-state index contributed by atoms with van der Waals surface area (Å²) in [6.45, 7) is 4.38. The predicted molar refractivity (Wildman–Crippen MR) is 84.4 cm³/mol. The molecule has 0 spiro atoms. The van der Waals surface area contributed by atoms with Crippen LogP contribution in [0, 0.1) is 0 Å². The second kappa shape index (κ2) is 6.21. The van der Waals surface area contributed by atoms with Gasteiger partial charge in [0.05, 0.1) is 43.2 Å². The summed E-state index contributed by atoms with van der Waals surface area (Å²) in [7, 11) is 0. The number of aromatic nitrogens is 4. The Labute approximate surface area is 134 Å². The van der Waals surface area contributed by atoms with Crippen molar-refractivity contribution in [1.82, 2.24) is 24.6 Å². The van der Waals surface area contributed by atoms with Crippen molar-refractivity contribution in [3.63, 3.8) is 0 Å². The highest BCUT2D eigenvalue weighted by Crippen LogP contribution is 2.17. The number of hydrogen-bond acceptors (Lipinski definition) is 6. The van der Waals surface area contributed by atoms with Crippen LogP contribution in [0.15, 0.2) is 47.7 Å². The van der Waals surface area contributed by atoms with Crippen molar-refractivity contribution in [3.05, 3.63) is 60.2 Å². The maximum atomic E-state index is 5.14. The Morgan fingerprint density at radius 3 is 3.09 bits per heavy atom. The van der Waals surface area contributed by atoms with E-state index in [9.17, 15) is 0 Å². The van der Waals surface area contributed by atoms with Crippen LogP contribution in [-0.4, -0.2) is 31.2 Å². The third kappa shape index (κ3) is 3.24. The van der Waals surface area contributed by atoms with Crippen LogP contribution in [0.3, 0.4) is 0 Å². The summed E-state index contributed by atoms with van der Waals surface area (Å²) >= 11 is 0. The summed E-state index contributed by atoms with van der Waals surface area (Å²) in [5.74, 6) is 0.764. The van der Waals surface area contributed by atoms with Gasteiger partial charge >= 0.3 is 0 Å². The molecule has 3 aromatic rings. The monoisotopic (exact) mass is 310 g/mol. The lowest BCUT2D eigenvalue weighted by Crippen LogP contribution is -2.33. The molecule has 7 heteroatoms. The van der Waals surface area contributed by atoms with E-state index in [4.69, 9.17) is 4.42 Å². The second-order valence-electron chi connectivity index (χ2n) is 5.64. The number of nitrogens with one attached hydrogen (secondary N) is 1. The molecule has 0 aliphatic carbocycles. The van der Waals surface area contributed by atoms with Gasteiger partial charge in [0.25, 0.3) is 0 Å². The summed E-state index contributed by atoms with van der Waals surface area (Å²) in [5, 5.41) is 7.90. The van der Waals surface area contributed by atoms with E-state index < -0.39 is 0 Å². The van der Waals surface area contributed by atoms with E-state index in [1.54, 1.807) is 24.9 Å². The van der Waals surface area contributed by atoms with Crippen LogP contribution in [0.1, 0.15) is 17.0 Å². The van der Waals surface area contributed by atoms with Crippen LogP contribution < -0.4 is 5.32 Å². The minimum atomic E-state index is 0.653. The first-order valence-electron chi connectivity index (χ1n) is 7.66. The Hall–Kier alpha value is -2.67. The number of nitrogens with zero attached hydrogens (tertiary/aromatic N) is 5. The number of fused-ring (bicyclic) bond motifs is 1. The molecule has 7 nitrogen and oxygen atoms in total. The molecule has 0 aromatic carbocycles. The SMILES string of the molecule is c1cnc(NCc2cc3n(n2)CCN(Cc2ccoc2)C3)cn1. The zero-order chi connectivity index (χ0) is 15.5. The normalized spacial score (nSPS) is 14.6. The zero-order valence-corrected chi connectivity index (χ0v) is 12.7. The third-order valence-electron chi connectivity index (χ3n) is 3.93. The van der Waals surface area contributed by atoms with E-state index in [-0.39, 0.29) is 0 Å². The topological polar surface area (TPSA) is 72.0 Å². The Bertz CT molecular complexity index is 752. The summed E-state index contributed by atoms with van der Waals surface area (Å²) in [4.78, 5) is 10.7. The highest BCUT2D eigenvalue weighted by atomic mass is 16.3. The van der Waals surface area contributed by atoms with Crippen LogP contribution >= 0.6 is 0 Å². The molecule has 0 bridgehead atoms. The number of furan rings is 1. The lowest BCUT2D eigenvalue weighted by molar-refractivity contribution is 0.204.